The molecule has 156 valence electrons. The molecule has 0 bridgehead atoms. The number of nitrogens with zero attached hydrogens (tertiary/aromatic N) is 3. The minimum Gasteiger partial charge on any atom is -0.379 e. The van der Waals surface area contributed by atoms with E-state index in [2.05, 4.69) is 0 Å². The van der Waals surface area contributed by atoms with Gasteiger partial charge in [-0.2, -0.15) is 13.9 Å². The molecule has 10 heteroatoms. The molecule has 2 rings (SSSR count). The molecule has 0 atom stereocenters. The highest BCUT2D eigenvalue weighted by Gasteiger charge is 2.30. The molecule has 0 unspecified atom stereocenters. The molecule has 1 aliphatic heterocycles. The molecule has 1 saturated heterocycles. The van der Waals surface area contributed by atoms with E-state index in [1.165, 1.54) is 32.9 Å². The first-order chi connectivity index (χ1) is 13.0. The van der Waals surface area contributed by atoms with Crippen molar-refractivity contribution in [3.05, 3.63) is 24.3 Å². The van der Waals surface area contributed by atoms with Crippen LogP contribution in [0.5, 0.6) is 0 Å². The summed E-state index contributed by atoms with van der Waals surface area (Å²) in [5.74, 6) is 0. The van der Waals surface area contributed by atoms with Gasteiger partial charge in [0.25, 0.3) is 0 Å². The number of ether oxygens (including phenoxy) is 1. The fraction of sp³-hybridized carbons (Fsp3) is 0.611. The number of hydrogen-bond acceptors (Lipinski definition) is 6. The second-order valence-corrected chi connectivity index (χ2v) is 11.7. The first kappa shape index (κ1) is 22.8. The molecule has 28 heavy (non-hydrogen) atoms. The van der Waals surface area contributed by atoms with Crippen LogP contribution < -0.4 is 0 Å². The van der Waals surface area contributed by atoms with E-state index in [1.54, 1.807) is 0 Å². The Balaban J connectivity index is 2.29. The quantitative estimate of drug-likeness (QED) is 0.652. The normalized spacial score (nSPS) is 16.8. The molecule has 0 aliphatic carbocycles. The summed E-state index contributed by atoms with van der Waals surface area (Å²) in [6.07, 6.45) is 0.0821. The molecule has 0 aromatic heterocycles. The fourth-order valence-electron chi connectivity index (χ4n) is 2.86. The second-order valence-electron chi connectivity index (χ2n) is 7.80. The zero-order valence-corrected chi connectivity index (χ0v) is 18.1. The summed E-state index contributed by atoms with van der Waals surface area (Å²) in [6.45, 7) is 7.32. The van der Waals surface area contributed by atoms with Crippen LogP contribution in [-0.4, -0.2) is 64.8 Å². The zero-order valence-electron chi connectivity index (χ0n) is 16.5. The van der Waals surface area contributed by atoms with Gasteiger partial charge < -0.3 is 4.74 Å². The van der Waals surface area contributed by atoms with Crippen molar-refractivity contribution in [2.75, 3.05) is 39.4 Å². The van der Waals surface area contributed by atoms with Crippen LogP contribution in [0.4, 0.5) is 0 Å². The summed E-state index contributed by atoms with van der Waals surface area (Å²) in [6, 6.07) is 7.23. The maximum absolute atomic E-state index is 13.0. The molecule has 0 spiro atoms. The van der Waals surface area contributed by atoms with Crippen LogP contribution in [-0.2, 0) is 24.8 Å². The third kappa shape index (κ3) is 5.52. The van der Waals surface area contributed by atoms with Gasteiger partial charge in [0.05, 0.1) is 29.1 Å². The molecule has 1 heterocycles. The molecule has 1 aromatic rings. The third-order valence-corrected chi connectivity index (χ3v) is 7.97. The molecule has 0 amide bonds. The highest BCUT2D eigenvalue weighted by Crippen LogP contribution is 2.24. The average molecular weight is 430 g/mol. The van der Waals surface area contributed by atoms with Gasteiger partial charge in [-0.25, -0.2) is 16.8 Å². The minimum absolute atomic E-state index is 0.00983. The van der Waals surface area contributed by atoms with Crippen LogP contribution in [0.2, 0.25) is 0 Å². The number of nitriles is 1. The van der Waals surface area contributed by atoms with Crippen molar-refractivity contribution in [3.63, 3.8) is 0 Å². The van der Waals surface area contributed by atoms with Gasteiger partial charge in [0.2, 0.25) is 20.0 Å². The van der Waals surface area contributed by atoms with Gasteiger partial charge in [-0.05, 0) is 29.7 Å². The summed E-state index contributed by atoms with van der Waals surface area (Å²) < 4.78 is 59.2. The summed E-state index contributed by atoms with van der Waals surface area (Å²) in [7, 11) is -7.53. The van der Waals surface area contributed by atoms with Gasteiger partial charge in [0.15, 0.2) is 0 Å². The number of benzene rings is 1. The number of rotatable bonds is 7. The molecule has 0 N–H and O–H groups in total. The van der Waals surface area contributed by atoms with Crippen molar-refractivity contribution >= 4 is 20.0 Å². The van der Waals surface area contributed by atoms with Gasteiger partial charge in [-0.15, -0.1) is 0 Å². The van der Waals surface area contributed by atoms with E-state index >= 15 is 0 Å². The largest absolute Gasteiger partial charge is 0.379 e. The Hall–Kier alpha value is -1.51. The van der Waals surface area contributed by atoms with Crippen molar-refractivity contribution in [2.24, 2.45) is 5.41 Å². The zero-order chi connectivity index (χ0) is 21.0. The van der Waals surface area contributed by atoms with E-state index in [0.29, 0.717) is 13.2 Å². The molecule has 0 radical (unpaired) electrons. The third-order valence-electron chi connectivity index (χ3n) is 4.19. The molecule has 1 fully saturated rings. The van der Waals surface area contributed by atoms with Crippen molar-refractivity contribution in [1.82, 2.24) is 8.61 Å². The second kappa shape index (κ2) is 8.88. The van der Waals surface area contributed by atoms with Crippen LogP contribution in [0.25, 0.3) is 0 Å². The van der Waals surface area contributed by atoms with E-state index in [0.717, 1.165) is 0 Å². The Labute approximate surface area is 167 Å². The Bertz CT molecular complexity index is 907. The Kier molecular flexibility index (Phi) is 7.22. The van der Waals surface area contributed by atoms with E-state index in [9.17, 15) is 16.8 Å². The molecule has 8 nitrogen and oxygen atoms in total. The maximum Gasteiger partial charge on any atom is 0.243 e. The molecule has 1 aliphatic rings. The minimum atomic E-state index is -3.84. The van der Waals surface area contributed by atoms with Crippen LogP contribution >= 0.6 is 0 Å². The predicted octanol–water partition coefficient (Wildman–Crippen LogP) is 1.66. The summed E-state index contributed by atoms with van der Waals surface area (Å²) in [5.41, 5.74) is -0.290. The molecular formula is C18H27N3O5S2. The smallest absolute Gasteiger partial charge is 0.243 e. The summed E-state index contributed by atoms with van der Waals surface area (Å²) in [5, 5.41) is 8.85. The Morgan fingerprint density at radius 3 is 2.11 bits per heavy atom. The lowest BCUT2D eigenvalue weighted by molar-refractivity contribution is 0.0730. The fourth-order valence-corrected chi connectivity index (χ4v) is 5.93. The molecular weight excluding hydrogens is 402 g/mol. The highest BCUT2D eigenvalue weighted by atomic mass is 32.2. The van der Waals surface area contributed by atoms with E-state index in [-0.39, 0.29) is 47.8 Å². The van der Waals surface area contributed by atoms with Gasteiger partial charge in [-0.3, -0.25) is 0 Å². The first-order valence-electron chi connectivity index (χ1n) is 9.03. The van der Waals surface area contributed by atoms with Crippen molar-refractivity contribution in [3.8, 4) is 6.07 Å². The topological polar surface area (TPSA) is 108 Å². The number of sulfonamides is 2. The SMILES string of the molecule is CC(C)(C)CN(CCC#N)S(=O)(=O)c1ccc(S(=O)(=O)N2CCOCC2)cc1. The van der Waals surface area contributed by atoms with Crippen LogP contribution in [0.1, 0.15) is 27.2 Å². The maximum atomic E-state index is 13.0. The number of hydrogen-bond donors (Lipinski definition) is 0. The highest BCUT2D eigenvalue weighted by molar-refractivity contribution is 7.89. The van der Waals surface area contributed by atoms with Crippen LogP contribution in [0.3, 0.4) is 0 Å². The lowest BCUT2D eigenvalue weighted by Crippen LogP contribution is -2.40. The van der Waals surface area contributed by atoms with Crippen molar-refractivity contribution in [2.45, 2.75) is 37.0 Å². The lowest BCUT2D eigenvalue weighted by atomic mass is 9.97. The first-order valence-corrected chi connectivity index (χ1v) is 11.9. The van der Waals surface area contributed by atoms with Crippen molar-refractivity contribution < 1.29 is 21.6 Å². The predicted molar refractivity (Wildman–Crippen MR) is 104 cm³/mol. The Morgan fingerprint density at radius 2 is 1.61 bits per heavy atom. The average Bonchev–Trinajstić information content (AvgIpc) is 2.65. The van der Waals surface area contributed by atoms with Crippen LogP contribution in [0.15, 0.2) is 34.1 Å². The van der Waals surface area contributed by atoms with E-state index in [1.807, 2.05) is 26.8 Å². The summed E-state index contributed by atoms with van der Waals surface area (Å²) in [4.78, 5) is 0.0587. The standard InChI is InChI=1S/C18H27N3O5S2/c1-18(2,3)15-21(10-4-9-19)28(24,25)17-7-5-16(6-8-17)27(22,23)20-11-13-26-14-12-20/h5-8H,4,10-15H2,1-3H3. The summed E-state index contributed by atoms with van der Waals surface area (Å²) >= 11 is 0. The van der Waals surface area contributed by atoms with Gasteiger partial charge in [0.1, 0.15) is 0 Å². The molecule has 0 saturated carbocycles. The van der Waals surface area contributed by atoms with Crippen LogP contribution in [0, 0.1) is 16.7 Å². The van der Waals surface area contributed by atoms with Gasteiger partial charge >= 0.3 is 0 Å². The number of morpholine rings is 1. The lowest BCUT2D eigenvalue weighted by Gasteiger charge is -2.29. The van der Waals surface area contributed by atoms with Gasteiger partial charge in [-0.1, -0.05) is 20.8 Å². The van der Waals surface area contributed by atoms with Gasteiger partial charge in [0, 0.05) is 32.6 Å². The Morgan fingerprint density at radius 1 is 1.07 bits per heavy atom. The molecule has 1 aromatic carbocycles. The van der Waals surface area contributed by atoms with Crippen molar-refractivity contribution in [1.29, 1.82) is 5.26 Å². The van der Waals surface area contributed by atoms with E-state index < -0.39 is 20.0 Å². The van der Waals surface area contributed by atoms with E-state index in [4.69, 9.17) is 10.00 Å². The monoisotopic (exact) mass is 429 g/mol.